The second kappa shape index (κ2) is 5.28. The Morgan fingerprint density at radius 2 is 2.20 bits per heavy atom. The number of hydrogen-bond acceptors (Lipinski definition) is 3. The van der Waals surface area contributed by atoms with Crippen LogP contribution >= 0.6 is 15.9 Å². The van der Waals surface area contributed by atoms with Gasteiger partial charge in [0.15, 0.2) is 0 Å². The molecule has 1 aromatic rings. The molecule has 0 aromatic heterocycles. The summed E-state index contributed by atoms with van der Waals surface area (Å²) in [4.78, 5) is 11.0. The molecule has 15 heavy (non-hydrogen) atoms. The van der Waals surface area contributed by atoms with Gasteiger partial charge in [0.1, 0.15) is 0 Å². The first-order valence-electron chi connectivity index (χ1n) is 4.55. The molecule has 82 valence electrons. The van der Waals surface area contributed by atoms with Gasteiger partial charge in [-0.3, -0.25) is 4.79 Å². The average molecular weight is 273 g/mol. The van der Waals surface area contributed by atoms with E-state index in [-0.39, 0.29) is 6.42 Å². The standard InChI is InChI=1S/C11H13BrO3/c1-7-3-8(5-9(12)4-7)10(13)6-11(14)15-2/h3-5,10,13H,6H2,1-2H3/t10-/m0/s1. The summed E-state index contributed by atoms with van der Waals surface area (Å²) in [6.45, 7) is 1.93. The van der Waals surface area contributed by atoms with Gasteiger partial charge in [0.2, 0.25) is 0 Å². The summed E-state index contributed by atoms with van der Waals surface area (Å²) in [5, 5.41) is 9.75. The van der Waals surface area contributed by atoms with Crippen LogP contribution in [0.15, 0.2) is 22.7 Å². The zero-order valence-electron chi connectivity index (χ0n) is 8.66. The van der Waals surface area contributed by atoms with E-state index in [9.17, 15) is 9.90 Å². The Morgan fingerprint density at radius 1 is 1.53 bits per heavy atom. The van der Waals surface area contributed by atoms with Crippen LogP contribution in [0.3, 0.4) is 0 Å². The number of halogens is 1. The fraction of sp³-hybridized carbons (Fsp3) is 0.364. The number of carbonyl (C=O) groups is 1. The molecule has 0 aliphatic carbocycles. The van der Waals surface area contributed by atoms with Gasteiger partial charge < -0.3 is 9.84 Å². The lowest BCUT2D eigenvalue weighted by molar-refractivity contribution is -0.142. The molecule has 1 N–H and O–H groups in total. The maximum atomic E-state index is 11.0. The van der Waals surface area contributed by atoms with Gasteiger partial charge in [-0.15, -0.1) is 0 Å². The van der Waals surface area contributed by atoms with Crippen molar-refractivity contribution in [1.29, 1.82) is 0 Å². The number of aryl methyl sites for hydroxylation is 1. The summed E-state index contributed by atoms with van der Waals surface area (Å²) in [5.41, 5.74) is 1.75. The molecular weight excluding hydrogens is 260 g/mol. The van der Waals surface area contributed by atoms with E-state index in [4.69, 9.17) is 0 Å². The summed E-state index contributed by atoms with van der Waals surface area (Å²) in [6, 6.07) is 5.58. The van der Waals surface area contributed by atoms with Crippen molar-refractivity contribution in [2.45, 2.75) is 19.4 Å². The van der Waals surface area contributed by atoms with Crippen LogP contribution in [0, 0.1) is 6.92 Å². The molecule has 1 rings (SSSR count). The summed E-state index contributed by atoms with van der Waals surface area (Å²) in [5.74, 6) is -0.417. The van der Waals surface area contributed by atoms with Gasteiger partial charge in [0.25, 0.3) is 0 Å². The monoisotopic (exact) mass is 272 g/mol. The number of aliphatic hydroxyl groups is 1. The van der Waals surface area contributed by atoms with Crippen LogP contribution in [-0.4, -0.2) is 18.2 Å². The second-order valence-corrected chi connectivity index (χ2v) is 4.27. The number of carbonyl (C=O) groups excluding carboxylic acids is 1. The average Bonchev–Trinajstić information content (AvgIpc) is 2.16. The Bertz CT molecular complexity index is 343. The number of rotatable bonds is 3. The molecule has 0 aliphatic heterocycles. The lowest BCUT2D eigenvalue weighted by atomic mass is 10.0. The fourth-order valence-electron chi connectivity index (χ4n) is 1.32. The predicted molar refractivity (Wildman–Crippen MR) is 60.5 cm³/mol. The maximum absolute atomic E-state index is 11.0. The van der Waals surface area contributed by atoms with Gasteiger partial charge in [-0.25, -0.2) is 0 Å². The molecule has 1 atom stereocenters. The highest BCUT2D eigenvalue weighted by atomic mass is 79.9. The summed E-state index contributed by atoms with van der Waals surface area (Å²) in [7, 11) is 1.31. The third-order valence-corrected chi connectivity index (χ3v) is 2.49. The smallest absolute Gasteiger partial charge is 0.308 e. The Morgan fingerprint density at radius 3 is 2.73 bits per heavy atom. The first-order valence-corrected chi connectivity index (χ1v) is 5.34. The first-order chi connectivity index (χ1) is 7.02. The van der Waals surface area contributed by atoms with E-state index in [1.54, 1.807) is 6.07 Å². The lowest BCUT2D eigenvalue weighted by Crippen LogP contribution is -2.08. The van der Waals surface area contributed by atoms with Crippen molar-refractivity contribution in [3.63, 3.8) is 0 Å². The molecule has 3 nitrogen and oxygen atoms in total. The summed E-state index contributed by atoms with van der Waals surface area (Å²) < 4.78 is 5.38. The van der Waals surface area contributed by atoms with Crippen LogP contribution in [0.4, 0.5) is 0 Å². The molecule has 0 aliphatic rings. The van der Waals surface area contributed by atoms with Crippen LogP contribution in [0.25, 0.3) is 0 Å². The molecule has 0 bridgehead atoms. The lowest BCUT2D eigenvalue weighted by Gasteiger charge is -2.10. The van der Waals surface area contributed by atoms with Crippen LogP contribution in [0.5, 0.6) is 0 Å². The summed E-state index contributed by atoms with van der Waals surface area (Å²) in [6.07, 6.45) is -0.833. The molecule has 0 fully saturated rings. The van der Waals surface area contributed by atoms with Crippen LogP contribution < -0.4 is 0 Å². The fourth-order valence-corrected chi connectivity index (χ4v) is 1.94. The van der Waals surface area contributed by atoms with Crippen molar-refractivity contribution in [3.8, 4) is 0 Å². The molecule has 0 radical (unpaired) electrons. The second-order valence-electron chi connectivity index (χ2n) is 3.36. The number of aliphatic hydroxyl groups excluding tert-OH is 1. The van der Waals surface area contributed by atoms with E-state index in [0.29, 0.717) is 5.56 Å². The van der Waals surface area contributed by atoms with E-state index in [1.807, 2.05) is 19.1 Å². The van der Waals surface area contributed by atoms with E-state index in [0.717, 1.165) is 10.0 Å². The number of methoxy groups -OCH3 is 1. The molecule has 0 saturated heterocycles. The van der Waals surface area contributed by atoms with Gasteiger partial charge in [0, 0.05) is 4.47 Å². The van der Waals surface area contributed by atoms with Gasteiger partial charge in [0.05, 0.1) is 19.6 Å². The van der Waals surface area contributed by atoms with Crippen molar-refractivity contribution in [2.24, 2.45) is 0 Å². The van der Waals surface area contributed by atoms with Crippen molar-refractivity contribution < 1.29 is 14.6 Å². The SMILES string of the molecule is COC(=O)C[C@H](O)c1cc(C)cc(Br)c1. The van der Waals surface area contributed by atoms with Crippen LogP contribution in [0.2, 0.25) is 0 Å². The van der Waals surface area contributed by atoms with E-state index in [1.165, 1.54) is 7.11 Å². The molecule has 1 aromatic carbocycles. The number of ether oxygens (including phenoxy) is 1. The van der Waals surface area contributed by atoms with E-state index < -0.39 is 12.1 Å². The minimum atomic E-state index is -0.811. The number of esters is 1. The summed E-state index contributed by atoms with van der Waals surface area (Å²) >= 11 is 3.34. The first kappa shape index (κ1) is 12.2. The van der Waals surface area contributed by atoms with Gasteiger partial charge in [-0.1, -0.05) is 22.0 Å². The van der Waals surface area contributed by atoms with E-state index >= 15 is 0 Å². The Balaban J connectivity index is 2.81. The Labute approximate surface area is 97.2 Å². The van der Waals surface area contributed by atoms with Crippen molar-refractivity contribution >= 4 is 21.9 Å². The third kappa shape index (κ3) is 3.64. The predicted octanol–water partition coefficient (Wildman–Crippen LogP) is 2.35. The molecular formula is C11H13BrO3. The highest BCUT2D eigenvalue weighted by Gasteiger charge is 2.13. The molecule has 0 saturated carbocycles. The largest absolute Gasteiger partial charge is 0.469 e. The van der Waals surface area contributed by atoms with E-state index in [2.05, 4.69) is 20.7 Å². The highest BCUT2D eigenvalue weighted by Crippen LogP contribution is 2.22. The normalized spacial score (nSPS) is 12.3. The zero-order chi connectivity index (χ0) is 11.4. The quantitative estimate of drug-likeness (QED) is 0.860. The number of benzene rings is 1. The molecule has 0 spiro atoms. The molecule has 0 amide bonds. The zero-order valence-corrected chi connectivity index (χ0v) is 10.2. The third-order valence-electron chi connectivity index (χ3n) is 2.04. The van der Waals surface area contributed by atoms with Crippen molar-refractivity contribution in [1.82, 2.24) is 0 Å². The Kier molecular flexibility index (Phi) is 4.29. The number of hydrogen-bond donors (Lipinski definition) is 1. The molecule has 0 unspecified atom stereocenters. The molecule has 0 heterocycles. The topological polar surface area (TPSA) is 46.5 Å². The van der Waals surface area contributed by atoms with Gasteiger partial charge in [-0.2, -0.15) is 0 Å². The van der Waals surface area contributed by atoms with Gasteiger partial charge in [-0.05, 0) is 30.2 Å². The van der Waals surface area contributed by atoms with Gasteiger partial charge >= 0.3 is 5.97 Å². The van der Waals surface area contributed by atoms with Crippen molar-refractivity contribution in [2.75, 3.05) is 7.11 Å². The Hall–Kier alpha value is -0.870. The highest BCUT2D eigenvalue weighted by molar-refractivity contribution is 9.10. The molecule has 4 heteroatoms. The maximum Gasteiger partial charge on any atom is 0.308 e. The minimum Gasteiger partial charge on any atom is -0.469 e. The minimum absolute atomic E-state index is 0.0214. The van der Waals surface area contributed by atoms with Crippen LogP contribution in [0.1, 0.15) is 23.7 Å². The van der Waals surface area contributed by atoms with Crippen LogP contribution in [-0.2, 0) is 9.53 Å². The van der Waals surface area contributed by atoms with Crippen molar-refractivity contribution in [3.05, 3.63) is 33.8 Å².